The fourth-order valence-electron chi connectivity index (χ4n) is 2.63. The Morgan fingerprint density at radius 2 is 1.90 bits per heavy atom. The number of halogens is 1. The van der Waals surface area contributed by atoms with Gasteiger partial charge in [0.05, 0.1) is 0 Å². The lowest BCUT2D eigenvalue weighted by molar-refractivity contribution is 0.475. The summed E-state index contributed by atoms with van der Waals surface area (Å²) in [5.41, 5.74) is 7.16. The molecule has 4 heteroatoms. The zero-order chi connectivity index (χ0) is 15.0. The van der Waals surface area contributed by atoms with Crippen molar-refractivity contribution in [1.82, 2.24) is 5.43 Å². The number of fused-ring (bicyclic) bond motifs is 1. The number of nitrogens with two attached hydrogens (primary N) is 1. The summed E-state index contributed by atoms with van der Waals surface area (Å²) in [6.45, 7) is 4.11. The van der Waals surface area contributed by atoms with Crippen LogP contribution in [0.2, 0.25) is 0 Å². The van der Waals surface area contributed by atoms with Gasteiger partial charge in [0, 0.05) is 9.86 Å². The molecule has 0 aliphatic heterocycles. The molecule has 3 nitrogen and oxygen atoms in total. The van der Waals surface area contributed by atoms with E-state index in [2.05, 4.69) is 40.4 Å². The van der Waals surface area contributed by atoms with Gasteiger partial charge >= 0.3 is 0 Å². The Hall–Kier alpha value is -1.62. The van der Waals surface area contributed by atoms with Crippen LogP contribution in [0, 0.1) is 13.8 Å². The highest BCUT2D eigenvalue weighted by Crippen LogP contribution is 2.32. The fourth-order valence-corrected chi connectivity index (χ4v) is 3.01. The van der Waals surface area contributed by atoms with E-state index in [0.717, 1.165) is 37.9 Å². The van der Waals surface area contributed by atoms with Gasteiger partial charge in [0.2, 0.25) is 0 Å². The molecule has 0 spiro atoms. The van der Waals surface area contributed by atoms with Crippen LogP contribution in [0.15, 0.2) is 51.4 Å². The molecule has 1 heterocycles. The van der Waals surface area contributed by atoms with Crippen molar-refractivity contribution in [3.05, 3.63) is 69.4 Å². The van der Waals surface area contributed by atoms with Crippen molar-refractivity contribution < 1.29 is 4.42 Å². The van der Waals surface area contributed by atoms with E-state index in [0.29, 0.717) is 0 Å². The molecule has 108 valence electrons. The van der Waals surface area contributed by atoms with Crippen molar-refractivity contribution in [1.29, 1.82) is 0 Å². The number of hydrogen-bond donors (Lipinski definition) is 2. The number of nitrogens with one attached hydrogen (secondary N) is 1. The van der Waals surface area contributed by atoms with Crippen molar-refractivity contribution >= 4 is 26.9 Å². The van der Waals surface area contributed by atoms with Gasteiger partial charge in [0.15, 0.2) is 0 Å². The van der Waals surface area contributed by atoms with E-state index < -0.39 is 0 Å². The monoisotopic (exact) mass is 344 g/mol. The molecule has 21 heavy (non-hydrogen) atoms. The van der Waals surface area contributed by atoms with Crippen molar-refractivity contribution in [2.45, 2.75) is 19.9 Å². The van der Waals surface area contributed by atoms with Gasteiger partial charge in [-0.3, -0.25) is 5.84 Å². The number of rotatable bonds is 3. The molecule has 0 amide bonds. The Balaban J connectivity index is 2.14. The summed E-state index contributed by atoms with van der Waals surface area (Å²) < 4.78 is 7.11. The highest BCUT2D eigenvalue weighted by molar-refractivity contribution is 9.10. The Morgan fingerprint density at radius 1 is 1.14 bits per heavy atom. The molecule has 3 aromatic rings. The van der Waals surface area contributed by atoms with Crippen LogP contribution in [-0.4, -0.2) is 0 Å². The van der Waals surface area contributed by atoms with Crippen LogP contribution in [-0.2, 0) is 0 Å². The number of aryl methyl sites for hydroxylation is 1. The quantitative estimate of drug-likeness (QED) is 0.548. The van der Waals surface area contributed by atoms with Gasteiger partial charge in [-0.2, -0.15) is 0 Å². The molecule has 0 bridgehead atoms. The molecule has 3 N–H and O–H groups in total. The van der Waals surface area contributed by atoms with Crippen LogP contribution < -0.4 is 11.3 Å². The van der Waals surface area contributed by atoms with Gasteiger partial charge in [0.25, 0.3) is 0 Å². The topological polar surface area (TPSA) is 51.2 Å². The molecular weight excluding hydrogens is 328 g/mol. The van der Waals surface area contributed by atoms with Crippen LogP contribution in [0.1, 0.15) is 28.5 Å². The van der Waals surface area contributed by atoms with Gasteiger partial charge < -0.3 is 4.42 Å². The molecule has 0 saturated carbocycles. The minimum absolute atomic E-state index is 0.172. The van der Waals surface area contributed by atoms with E-state index in [1.165, 1.54) is 0 Å². The second-order valence-electron chi connectivity index (χ2n) is 5.20. The molecule has 0 aliphatic carbocycles. The maximum Gasteiger partial charge on any atom is 0.137 e. The molecule has 1 atom stereocenters. The Morgan fingerprint density at radius 3 is 2.62 bits per heavy atom. The third-order valence-electron chi connectivity index (χ3n) is 3.83. The average molecular weight is 345 g/mol. The van der Waals surface area contributed by atoms with Crippen molar-refractivity contribution in [2.24, 2.45) is 5.84 Å². The van der Waals surface area contributed by atoms with Crippen LogP contribution >= 0.6 is 15.9 Å². The third-order valence-corrected chi connectivity index (χ3v) is 4.69. The lowest BCUT2D eigenvalue weighted by Gasteiger charge is -2.17. The number of para-hydroxylation sites is 1. The van der Waals surface area contributed by atoms with Crippen LogP contribution in [0.3, 0.4) is 0 Å². The molecule has 0 fully saturated rings. The molecule has 0 aliphatic rings. The molecule has 0 saturated heterocycles. The smallest absolute Gasteiger partial charge is 0.137 e. The first-order valence-corrected chi connectivity index (χ1v) is 7.61. The summed E-state index contributed by atoms with van der Waals surface area (Å²) in [6.07, 6.45) is 0. The first-order valence-electron chi connectivity index (χ1n) is 6.82. The standard InChI is InChI=1S/C17H17BrN2O/c1-10-5-3-6-12-9-15(21-17(10)12)16(20-19)13-7-4-8-14(18)11(13)2/h3-9,16,20H,19H2,1-2H3. The second-order valence-corrected chi connectivity index (χ2v) is 6.05. The summed E-state index contributed by atoms with van der Waals surface area (Å²) >= 11 is 3.56. The summed E-state index contributed by atoms with van der Waals surface area (Å²) in [5.74, 6) is 6.61. The predicted molar refractivity (Wildman–Crippen MR) is 89.0 cm³/mol. The molecular formula is C17H17BrN2O. The molecule has 0 radical (unpaired) electrons. The maximum absolute atomic E-state index is 6.04. The number of hydrazine groups is 1. The van der Waals surface area contributed by atoms with Crippen LogP contribution in [0.25, 0.3) is 11.0 Å². The number of furan rings is 1. The highest BCUT2D eigenvalue weighted by Gasteiger charge is 2.20. The fraction of sp³-hybridized carbons (Fsp3) is 0.176. The Bertz CT molecular complexity index is 795. The van der Waals surface area contributed by atoms with Crippen molar-refractivity contribution in [3.8, 4) is 0 Å². The van der Waals surface area contributed by atoms with Crippen molar-refractivity contribution in [3.63, 3.8) is 0 Å². The van der Waals surface area contributed by atoms with Gasteiger partial charge in [-0.1, -0.05) is 46.3 Å². The van der Waals surface area contributed by atoms with Crippen LogP contribution in [0.4, 0.5) is 0 Å². The predicted octanol–water partition coefficient (Wildman–Crippen LogP) is 4.36. The second kappa shape index (κ2) is 5.64. The zero-order valence-electron chi connectivity index (χ0n) is 12.0. The Labute approximate surface area is 132 Å². The first-order chi connectivity index (χ1) is 10.1. The number of benzene rings is 2. The minimum Gasteiger partial charge on any atom is -0.459 e. The molecule has 3 rings (SSSR count). The first kappa shape index (κ1) is 14.3. The van der Waals surface area contributed by atoms with Gasteiger partial charge in [-0.25, -0.2) is 5.43 Å². The number of hydrogen-bond acceptors (Lipinski definition) is 3. The van der Waals surface area contributed by atoms with E-state index in [1.54, 1.807) is 0 Å². The SMILES string of the molecule is Cc1c(Br)cccc1C(NN)c1cc2cccc(C)c2o1. The largest absolute Gasteiger partial charge is 0.459 e. The lowest BCUT2D eigenvalue weighted by atomic mass is 10.00. The van der Waals surface area contributed by atoms with Gasteiger partial charge in [-0.15, -0.1) is 0 Å². The zero-order valence-corrected chi connectivity index (χ0v) is 13.6. The average Bonchev–Trinajstić information content (AvgIpc) is 2.89. The summed E-state index contributed by atoms with van der Waals surface area (Å²) in [7, 11) is 0. The third kappa shape index (κ3) is 2.50. The van der Waals surface area contributed by atoms with E-state index in [-0.39, 0.29) is 6.04 Å². The lowest BCUT2D eigenvalue weighted by Crippen LogP contribution is -2.29. The Kier molecular flexibility index (Phi) is 3.85. The van der Waals surface area contributed by atoms with Gasteiger partial charge in [-0.05, 0) is 42.7 Å². The summed E-state index contributed by atoms with van der Waals surface area (Å²) in [4.78, 5) is 0. The van der Waals surface area contributed by atoms with E-state index in [9.17, 15) is 0 Å². The van der Waals surface area contributed by atoms with E-state index in [1.807, 2.05) is 37.3 Å². The maximum atomic E-state index is 6.04. The summed E-state index contributed by atoms with van der Waals surface area (Å²) in [5, 5.41) is 1.10. The molecule has 2 aromatic carbocycles. The molecule has 1 unspecified atom stereocenters. The van der Waals surface area contributed by atoms with Crippen molar-refractivity contribution in [2.75, 3.05) is 0 Å². The van der Waals surface area contributed by atoms with E-state index >= 15 is 0 Å². The summed E-state index contributed by atoms with van der Waals surface area (Å²) in [6, 6.07) is 14.1. The minimum atomic E-state index is -0.172. The normalized spacial score (nSPS) is 12.8. The van der Waals surface area contributed by atoms with E-state index in [4.69, 9.17) is 10.3 Å². The molecule has 1 aromatic heterocycles. The highest BCUT2D eigenvalue weighted by atomic mass is 79.9. The van der Waals surface area contributed by atoms with Crippen LogP contribution in [0.5, 0.6) is 0 Å². The van der Waals surface area contributed by atoms with Gasteiger partial charge in [0.1, 0.15) is 17.4 Å².